The van der Waals surface area contributed by atoms with E-state index < -0.39 is 0 Å². The molecule has 4 rings (SSSR count). The smallest absolute Gasteiger partial charge is 0.0138 e. The number of hydrogen-bond donors (Lipinski definition) is 1. The molecule has 4 unspecified atom stereocenters. The number of hydrogen-bond acceptors (Lipinski definition) is 1. The quantitative estimate of drug-likeness (QED) is 0.766. The second-order valence-corrected chi connectivity index (χ2v) is 7.22. The summed E-state index contributed by atoms with van der Waals surface area (Å²) in [6.07, 6.45) is 15.1. The monoisotopic (exact) mass is 233 g/mol. The van der Waals surface area contributed by atoms with Crippen LogP contribution in [0.1, 0.15) is 64.2 Å². The topological polar surface area (TPSA) is 12.0 Å². The summed E-state index contributed by atoms with van der Waals surface area (Å²) in [7, 11) is 0. The normalized spacial score (nSPS) is 49.8. The number of fused-ring (bicyclic) bond motifs is 5. The van der Waals surface area contributed by atoms with E-state index in [9.17, 15) is 0 Å². The Labute approximate surface area is 106 Å². The van der Waals surface area contributed by atoms with Crippen LogP contribution in [0.3, 0.4) is 0 Å². The largest absolute Gasteiger partial charge is 0.311 e. The van der Waals surface area contributed by atoms with Gasteiger partial charge in [-0.2, -0.15) is 0 Å². The van der Waals surface area contributed by atoms with Crippen molar-refractivity contribution in [1.29, 1.82) is 0 Å². The molecule has 0 amide bonds. The summed E-state index contributed by atoms with van der Waals surface area (Å²) in [5.41, 5.74) is 0. The molecule has 4 fully saturated rings. The summed E-state index contributed by atoms with van der Waals surface area (Å²) in [5, 5.41) is 4.06. The molecule has 1 heteroatoms. The van der Waals surface area contributed by atoms with E-state index in [0.29, 0.717) is 0 Å². The van der Waals surface area contributed by atoms with Crippen molar-refractivity contribution in [2.45, 2.75) is 76.3 Å². The van der Waals surface area contributed by atoms with E-state index in [2.05, 4.69) is 5.32 Å². The van der Waals surface area contributed by atoms with Crippen LogP contribution in [0, 0.1) is 23.7 Å². The van der Waals surface area contributed by atoms with Gasteiger partial charge >= 0.3 is 0 Å². The highest BCUT2D eigenvalue weighted by atomic mass is 15.0. The molecule has 0 aromatic carbocycles. The molecule has 4 atom stereocenters. The first-order chi connectivity index (χ1) is 8.43. The summed E-state index contributed by atoms with van der Waals surface area (Å²) >= 11 is 0. The maximum Gasteiger partial charge on any atom is 0.0138 e. The molecule has 0 aromatic rings. The lowest BCUT2D eigenvalue weighted by Gasteiger charge is -2.23. The molecule has 1 nitrogen and oxygen atoms in total. The molecule has 4 aliphatic carbocycles. The van der Waals surface area contributed by atoms with Gasteiger partial charge in [0.15, 0.2) is 0 Å². The van der Waals surface area contributed by atoms with Gasteiger partial charge in [0.2, 0.25) is 0 Å². The van der Waals surface area contributed by atoms with E-state index >= 15 is 0 Å². The highest BCUT2D eigenvalue weighted by Crippen LogP contribution is 2.65. The van der Waals surface area contributed by atoms with Crippen LogP contribution in [-0.2, 0) is 0 Å². The van der Waals surface area contributed by atoms with Crippen LogP contribution < -0.4 is 5.32 Å². The van der Waals surface area contributed by atoms with Crippen molar-refractivity contribution in [3.8, 4) is 0 Å². The summed E-state index contributed by atoms with van der Waals surface area (Å²) in [6, 6.07) is 1.84. The Morgan fingerprint density at radius 2 is 1.24 bits per heavy atom. The van der Waals surface area contributed by atoms with Crippen molar-refractivity contribution in [3.05, 3.63) is 0 Å². The SMILES string of the molecule is C1CCCC(NC2C3C4CCC(C4)C23)CCC1. The van der Waals surface area contributed by atoms with Crippen LogP contribution in [0.25, 0.3) is 0 Å². The van der Waals surface area contributed by atoms with E-state index in [-0.39, 0.29) is 0 Å². The minimum absolute atomic E-state index is 0.880. The Balaban J connectivity index is 1.33. The van der Waals surface area contributed by atoms with Crippen LogP contribution in [0.4, 0.5) is 0 Å². The molecule has 0 heterocycles. The predicted octanol–water partition coefficient (Wildman–Crippen LogP) is 3.73. The number of rotatable bonds is 2. The third-order valence-corrected chi connectivity index (χ3v) is 6.27. The van der Waals surface area contributed by atoms with Gasteiger partial charge < -0.3 is 5.32 Å². The average molecular weight is 233 g/mol. The lowest BCUT2D eigenvalue weighted by molar-refractivity contribution is 0.355. The molecule has 96 valence electrons. The first-order valence-corrected chi connectivity index (χ1v) is 8.19. The van der Waals surface area contributed by atoms with Crippen LogP contribution in [0.5, 0.6) is 0 Å². The first-order valence-electron chi connectivity index (χ1n) is 8.19. The molecule has 0 aliphatic heterocycles. The van der Waals surface area contributed by atoms with Crippen molar-refractivity contribution in [2.24, 2.45) is 23.7 Å². The van der Waals surface area contributed by atoms with Gasteiger partial charge in [0.25, 0.3) is 0 Å². The average Bonchev–Trinajstić information content (AvgIpc) is 2.70. The zero-order valence-corrected chi connectivity index (χ0v) is 11.0. The minimum atomic E-state index is 0.880. The van der Waals surface area contributed by atoms with Gasteiger partial charge in [-0.15, -0.1) is 0 Å². The Morgan fingerprint density at radius 3 is 1.88 bits per heavy atom. The van der Waals surface area contributed by atoms with Crippen LogP contribution in [0.2, 0.25) is 0 Å². The molecular formula is C16H27N. The zero-order chi connectivity index (χ0) is 11.2. The van der Waals surface area contributed by atoms with E-state index in [1.807, 2.05) is 0 Å². The van der Waals surface area contributed by atoms with Gasteiger partial charge in [-0.3, -0.25) is 0 Å². The second kappa shape index (κ2) is 4.26. The minimum Gasteiger partial charge on any atom is -0.311 e. The van der Waals surface area contributed by atoms with E-state index in [1.54, 1.807) is 19.3 Å². The molecule has 0 aromatic heterocycles. The molecule has 4 saturated carbocycles. The van der Waals surface area contributed by atoms with Gasteiger partial charge in [-0.1, -0.05) is 32.1 Å². The summed E-state index contributed by atoms with van der Waals surface area (Å²) < 4.78 is 0. The number of nitrogens with one attached hydrogen (secondary N) is 1. The molecule has 17 heavy (non-hydrogen) atoms. The van der Waals surface area contributed by atoms with Gasteiger partial charge in [0.05, 0.1) is 0 Å². The Morgan fingerprint density at radius 1 is 0.647 bits per heavy atom. The molecular weight excluding hydrogens is 206 g/mol. The van der Waals surface area contributed by atoms with Crippen molar-refractivity contribution in [3.63, 3.8) is 0 Å². The van der Waals surface area contributed by atoms with Gasteiger partial charge in [0.1, 0.15) is 0 Å². The van der Waals surface area contributed by atoms with Crippen molar-refractivity contribution in [2.75, 3.05) is 0 Å². The molecule has 1 N–H and O–H groups in total. The van der Waals surface area contributed by atoms with E-state index in [4.69, 9.17) is 0 Å². The molecule has 0 saturated heterocycles. The maximum atomic E-state index is 4.06. The van der Waals surface area contributed by atoms with Gasteiger partial charge in [-0.25, -0.2) is 0 Å². The van der Waals surface area contributed by atoms with Crippen LogP contribution >= 0.6 is 0 Å². The highest BCUT2D eigenvalue weighted by molar-refractivity contribution is 5.17. The lowest BCUT2D eigenvalue weighted by Crippen LogP contribution is -2.34. The second-order valence-electron chi connectivity index (χ2n) is 7.22. The van der Waals surface area contributed by atoms with Crippen LogP contribution in [-0.4, -0.2) is 12.1 Å². The third kappa shape index (κ3) is 1.85. The zero-order valence-electron chi connectivity index (χ0n) is 11.0. The first kappa shape index (κ1) is 10.8. The van der Waals surface area contributed by atoms with Gasteiger partial charge in [0, 0.05) is 12.1 Å². The summed E-state index contributed by atoms with van der Waals surface area (Å²) in [6.45, 7) is 0. The fourth-order valence-electron chi connectivity index (χ4n) is 5.44. The predicted molar refractivity (Wildman–Crippen MR) is 70.8 cm³/mol. The Kier molecular flexibility index (Phi) is 2.72. The fraction of sp³-hybridized carbons (Fsp3) is 1.00. The molecule has 0 radical (unpaired) electrons. The maximum absolute atomic E-state index is 4.06. The summed E-state index contributed by atoms with van der Waals surface area (Å²) in [4.78, 5) is 0. The standard InChI is InChI=1S/C16H27N/c1-2-4-6-13(7-5-3-1)17-16-14-11-8-9-12(10-11)15(14)16/h11-17H,1-10H2. The lowest BCUT2D eigenvalue weighted by atomic mass is 9.96. The Bertz CT molecular complexity index is 263. The van der Waals surface area contributed by atoms with Gasteiger partial charge in [-0.05, 0) is 55.8 Å². The molecule has 2 bridgehead atoms. The molecule has 4 aliphatic rings. The highest BCUT2D eigenvalue weighted by Gasteiger charge is 2.64. The van der Waals surface area contributed by atoms with Crippen LogP contribution in [0.15, 0.2) is 0 Å². The van der Waals surface area contributed by atoms with E-state index in [0.717, 1.165) is 35.8 Å². The van der Waals surface area contributed by atoms with Crippen molar-refractivity contribution >= 4 is 0 Å². The van der Waals surface area contributed by atoms with Crippen molar-refractivity contribution in [1.82, 2.24) is 5.32 Å². The van der Waals surface area contributed by atoms with Crippen molar-refractivity contribution < 1.29 is 0 Å². The van der Waals surface area contributed by atoms with E-state index in [1.165, 1.54) is 44.9 Å². The Hall–Kier alpha value is -0.0400. The fourth-order valence-corrected chi connectivity index (χ4v) is 5.44. The molecule has 0 spiro atoms. The third-order valence-electron chi connectivity index (χ3n) is 6.27. The summed E-state index contributed by atoms with van der Waals surface area (Å²) in [5.74, 6) is 4.52.